The molecule has 94 valence electrons. The SMILES string of the molecule is CCOC(=O)C(C)c1nc(C2CCOC2)no1. The molecule has 6 heteroatoms. The third-order valence-corrected chi connectivity index (χ3v) is 2.76. The lowest BCUT2D eigenvalue weighted by Gasteiger charge is -2.04. The van der Waals surface area contributed by atoms with Crippen molar-refractivity contribution in [1.29, 1.82) is 0 Å². The molecule has 2 heterocycles. The Morgan fingerprint density at radius 1 is 1.65 bits per heavy atom. The molecule has 1 aromatic heterocycles. The molecule has 2 rings (SSSR count). The van der Waals surface area contributed by atoms with Crippen LogP contribution in [0.15, 0.2) is 4.52 Å². The highest BCUT2D eigenvalue weighted by atomic mass is 16.5. The van der Waals surface area contributed by atoms with Crippen LogP contribution in [0.1, 0.15) is 43.8 Å². The molecule has 0 spiro atoms. The van der Waals surface area contributed by atoms with E-state index in [9.17, 15) is 4.79 Å². The highest BCUT2D eigenvalue weighted by Gasteiger charge is 2.27. The first kappa shape index (κ1) is 12.0. The van der Waals surface area contributed by atoms with Gasteiger partial charge in [-0.2, -0.15) is 4.98 Å². The second-order valence-corrected chi connectivity index (χ2v) is 4.03. The lowest BCUT2D eigenvalue weighted by Crippen LogP contribution is -2.13. The number of ether oxygens (including phenoxy) is 2. The molecule has 1 saturated heterocycles. The molecule has 17 heavy (non-hydrogen) atoms. The van der Waals surface area contributed by atoms with E-state index in [1.807, 2.05) is 0 Å². The summed E-state index contributed by atoms with van der Waals surface area (Å²) in [6, 6.07) is 0. The molecule has 1 aliphatic heterocycles. The van der Waals surface area contributed by atoms with Crippen molar-refractivity contribution in [2.45, 2.75) is 32.1 Å². The molecule has 0 N–H and O–H groups in total. The standard InChI is InChI=1S/C11H16N2O4/c1-3-16-11(14)7(2)10-12-9(13-17-10)8-4-5-15-6-8/h7-8H,3-6H2,1-2H3. The third-order valence-electron chi connectivity index (χ3n) is 2.76. The normalized spacial score (nSPS) is 21.4. The van der Waals surface area contributed by atoms with Gasteiger partial charge in [0.25, 0.3) is 0 Å². The van der Waals surface area contributed by atoms with Gasteiger partial charge in [0, 0.05) is 12.5 Å². The molecule has 0 aliphatic carbocycles. The summed E-state index contributed by atoms with van der Waals surface area (Å²) in [5.74, 6) is 0.254. The van der Waals surface area contributed by atoms with Crippen molar-refractivity contribution in [1.82, 2.24) is 10.1 Å². The molecule has 0 saturated carbocycles. The highest BCUT2D eigenvalue weighted by molar-refractivity contribution is 5.76. The summed E-state index contributed by atoms with van der Waals surface area (Å²) in [4.78, 5) is 15.7. The van der Waals surface area contributed by atoms with Crippen molar-refractivity contribution in [2.24, 2.45) is 0 Å². The monoisotopic (exact) mass is 240 g/mol. The Labute approximate surface area is 99.3 Å². The van der Waals surface area contributed by atoms with E-state index in [-0.39, 0.29) is 11.9 Å². The number of esters is 1. The first-order chi connectivity index (χ1) is 8.22. The summed E-state index contributed by atoms with van der Waals surface area (Å²) in [6.45, 7) is 5.15. The van der Waals surface area contributed by atoms with Crippen molar-refractivity contribution < 1.29 is 18.8 Å². The lowest BCUT2D eigenvalue weighted by molar-refractivity contribution is -0.145. The quantitative estimate of drug-likeness (QED) is 0.737. The van der Waals surface area contributed by atoms with E-state index in [1.165, 1.54) is 0 Å². The Morgan fingerprint density at radius 2 is 2.47 bits per heavy atom. The maximum Gasteiger partial charge on any atom is 0.318 e. The van der Waals surface area contributed by atoms with Crippen LogP contribution in [0.2, 0.25) is 0 Å². The van der Waals surface area contributed by atoms with Crippen molar-refractivity contribution in [3.05, 3.63) is 11.7 Å². The average molecular weight is 240 g/mol. The predicted octanol–water partition coefficient (Wildman–Crippen LogP) is 1.24. The largest absolute Gasteiger partial charge is 0.465 e. The van der Waals surface area contributed by atoms with Gasteiger partial charge in [0.05, 0.1) is 13.2 Å². The molecule has 1 aromatic rings. The molecule has 0 amide bonds. The fourth-order valence-electron chi connectivity index (χ4n) is 1.70. The van der Waals surface area contributed by atoms with Gasteiger partial charge in [-0.25, -0.2) is 0 Å². The Kier molecular flexibility index (Phi) is 3.73. The first-order valence-electron chi connectivity index (χ1n) is 5.80. The van der Waals surface area contributed by atoms with Crippen LogP contribution in [-0.2, 0) is 14.3 Å². The van der Waals surface area contributed by atoms with Gasteiger partial charge in [-0.1, -0.05) is 5.16 Å². The molecule has 1 aliphatic rings. The van der Waals surface area contributed by atoms with E-state index in [0.29, 0.717) is 24.9 Å². The number of nitrogens with zero attached hydrogens (tertiary/aromatic N) is 2. The minimum absolute atomic E-state index is 0.182. The Balaban J connectivity index is 2.04. The fourth-order valence-corrected chi connectivity index (χ4v) is 1.70. The number of rotatable bonds is 4. The molecular formula is C11H16N2O4. The minimum Gasteiger partial charge on any atom is -0.465 e. The van der Waals surface area contributed by atoms with Crippen LogP contribution in [-0.4, -0.2) is 35.9 Å². The van der Waals surface area contributed by atoms with Crippen LogP contribution in [0.5, 0.6) is 0 Å². The summed E-state index contributed by atoms with van der Waals surface area (Å²) in [5, 5.41) is 3.89. The van der Waals surface area contributed by atoms with Crippen molar-refractivity contribution >= 4 is 5.97 Å². The number of carbonyl (C=O) groups is 1. The van der Waals surface area contributed by atoms with Gasteiger partial charge in [-0.05, 0) is 20.3 Å². The smallest absolute Gasteiger partial charge is 0.318 e. The van der Waals surface area contributed by atoms with E-state index in [4.69, 9.17) is 14.0 Å². The number of hydrogen-bond acceptors (Lipinski definition) is 6. The zero-order chi connectivity index (χ0) is 12.3. The molecule has 2 unspecified atom stereocenters. The number of aromatic nitrogens is 2. The average Bonchev–Trinajstić information content (AvgIpc) is 2.98. The van der Waals surface area contributed by atoms with Crippen LogP contribution in [0.25, 0.3) is 0 Å². The van der Waals surface area contributed by atoms with Gasteiger partial charge in [0.1, 0.15) is 5.92 Å². The van der Waals surface area contributed by atoms with Crippen LogP contribution < -0.4 is 0 Å². The van der Waals surface area contributed by atoms with Gasteiger partial charge < -0.3 is 14.0 Å². The summed E-state index contributed by atoms with van der Waals surface area (Å²) in [6.07, 6.45) is 0.896. The Bertz CT molecular complexity index is 385. The zero-order valence-corrected chi connectivity index (χ0v) is 10.0. The Morgan fingerprint density at radius 3 is 3.12 bits per heavy atom. The van der Waals surface area contributed by atoms with Crippen LogP contribution in [0, 0.1) is 0 Å². The summed E-state index contributed by atoms with van der Waals surface area (Å²) in [7, 11) is 0. The summed E-state index contributed by atoms with van der Waals surface area (Å²) < 4.78 is 15.2. The zero-order valence-electron chi connectivity index (χ0n) is 10.0. The van der Waals surface area contributed by atoms with E-state index in [0.717, 1.165) is 13.0 Å². The number of hydrogen-bond donors (Lipinski definition) is 0. The fraction of sp³-hybridized carbons (Fsp3) is 0.727. The first-order valence-corrected chi connectivity index (χ1v) is 5.80. The Hall–Kier alpha value is -1.43. The highest BCUT2D eigenvalue weighted by Crippen LogP contribution is 2.24. The van der Waals surface area contributed by atoms with E-state index < -0.39 is 5.92 Å². The van der Waals surface area contributed by atoms with Crippen molar-refractivity contribution in [3.8, 4) is 0 Å². The van der Waals surface area contributed by atoms with E-state index >= 15 is 0 Å². The van der Waals surface area contributed by atoms with E-state index in [1.54, 1.807) is 13.8 Å². The van der Waals surface area contributed by atoms with Gasteiger partial charge in [-0.3, -0.25) is 4.79 Å². The summed E-state index contributed by atoms with van der Waals surface area (Å²) in [5.41, 5.74) is 0. The molecule has 0 aromatic carbocycles. The van der Waals surface area contributed by atoms with Crippen LogP contribution in [0.3, 0.4) is 0 Å². The maximum absolute atomic E-state index is 11.5. The molecule has 6 nitrogen and oxygen atoms in total. The molecule has 0 radical (unpaired) electrons. The third kappa shape index (κ3) is 2.63. The topological polar surface area (TPSA) is 74.5 Å². The van der Waals surface area contributed by atoms with Gasteiger partial charge in [0.2, 0.25) is 5.89 Å². The minimum atomic E-state index is -0.515. The molecule has 1 fully saturated rings. The van der Waals surface area contributed by atoms with Crippen molar-refractivity contribution in [2.75, 3.05) is 19.8 Å². The maximum atomic E-state index is 11.5. The van der Waals surface area contributed by atoms with E-state index in [2.05, 4.69) is 10.1 Å². The molecule has 0 bridgehead atoms. The second kappa shape index (κ2) is 5.27. The lowest BCUT2D eigenvalue weighted by atomic mass is 10.1. The van der Waals surface area contributed by atoms with Gasteiger partial charge in [0.15, 0.2) is 5.82 Å². The predicted molar refractivity (Wildman–Crippen MR) is 57.5 cm³/mol. The van der Waals surface area contributed by atoms with Gasteiger partial charge >= 0.3 is 5.97 Å². The van der Waals surface area contributed by atoms with Crippen molar-refractivity contribution in [3.63, 3.8) is 0 Å². The van der Waals surface area contributed by atoms with Gasteiger partial charge in [-0.15, -0.1) is 0 Å². The van der Waals surface area contributed by atoms with Crippen LogP contribution >= 0.6 is 0 Å². The molecular weight excluding hydrogens is 224 g/mol. The number of carbonyl (C=O) groups excluding carboxylic acids is 1. The van der Waals surface area contributed by atoms with Crippen LogP contribution in [0.4, 0.5) is 0 Å². The molecule has 2 atom stereocenters. The summed E-state index contributed by atoms with van der Waals surface area (Å²) >= 11 is 0. The second-order valence-electron chi connectivity index (χ2n) is 4.03.